The van der Waals surface area contributed by atoms with Crippen LogP contribution in [0.1, 0.15) is 12.8 Å². The van der Waals surface area contributed by atoms with E-state index in [1.54, 1.807) is 4.90 Å². The van der Waals surface area contributed by atoms with E-state index in [0.29, 0.717) is 6.54 Å². The monoisotopic (exact) mass is 368 g/mol. The predicted molar refractivity (Wildman–Crippen MR) is 103 cm³/mol. The maximum Gasteiger partial charge on any atom is 0.257 e. The summed E-state index contributed by atoms with van der Waals surface area (Å²) in [6, 6.07) is 18.7. The summed E-state index contributed by atoms with van der Waals surface area (Å²) in [6.45, 7) is 0.893. The summed E-state index contributed by atoms with van der Waals surface area (Å²) in [7, 11) is 0. The third kappa shape index (κ3) is 5.64. The van der Waals surface area contributed by atoms with E-state index in [2.05, 4.69) is 5.32 Å². The first-order valence-corrected chi connectivity index (χ1v) is 9.13. The minimum absolute atomic E-state index is 0.0854. The van der Waals surface area contributed by atoms with Crippen molar-refractivity contribution in [3.05, 3.63) is 60.7 Å². The maximum absolute atomic E-state index is 12.7. The average molecular weight is 368 g/mol. The number of nitrogens with one attached hydrogen (secondary N) is 1. The molecule has 2 amide bonds. The molecule has 1 N–H and O–H groups in total. The number of benzene rings is 2. The van der Waals surface area contributed by atoms with Gasteiger partial charge in [-0.3, -0.25) is 14.5 Å². The van der Waals surface area contributed by atoms with Crippen molar-refractivity contribution >= 4 is 23.2 Å². The summed E-state index contributed by atoms with van der Waals surface area (Å²) in [5.74, 6) is -0.483. The number of para-hydroxylation sites is 2. The fourth-order valence-corrected chi connectivity index (χ4v) is 2.97. The van der Waals surface area contributed by atoms with Crippen molar-refractivity contribution in [2.75, 3.05) is 31.3 Å². The summed E-state index contributed by atoms with van der Waals surface area (Å²) in [5, 5.41) is 2.78. The first kappa shape index (κ1) is 19.1. The van der Waals surface area contributed by atoms with Gasteiger partial charge >= 0.3 is 0 Å². The molecular weight excluding hydrogens is 344 g/mol. The van der Waals surface area contributed by atoms with Gasteiger partial charge in [-0.2, -0.15) is 0 Å². The van der Waals surface area contributed by atoms with Crippen LogP contribution >= 0.6 is 0 Å². The van der Waals surface area contributed by atoms with Crippen LogP contribution in [0.5, 0.6) is 0 Å². The number of nitrogens with zero attached hydrogens (tertiary/aromatic N) is 1. The van der Waals surface area contributed by atoms with Crippen LogP contribution in [-0.4, -0.2) is 44.3 Å². The summed E-state index contributed by atoms with van der Waals surface area (Å²) in [4.78, 5) is 26.2. The molecule has 6 nitrogen and oxygen atoms in total. The smallest absolute Gasteiger partial charge is 0.257 e. The van der Waals surface area contributed by atoms with E-state index in [9.17, 15) is 9.59 Å². The summed E-state index contributed by atoms with van der Waals surface area (Å²) >= 11 is 0. The third-order valence-electron chi connectivity index (χ3n) is 4.29. The van der Waals surface area contributed by atoms with Crippen LogP contribution in [-0.2, 0) is 19.1 Å². The molecule has 1 fully saturated rings. The molecule has 27 heavy (non-hydrogen) atoms. The molecule has 1 heterocycles. The van der Waals surface area contributed by atoms with Crippen LogP contribution in [0.4, 0.5) is 11.4 Å². The van der Waals surface area contributed by atoms with Gasteiger partial charge in [0, 0.05) is 24.5 Å². The molecule has 2 aromatic carbocycles. The number of carbonyl (C=O) groups is 2. The van der Waals surface area contributed by atoms with Gasteiger partial charge in [0.05, 0.1) is 6.10 Å². The van der Waals surface area contributed by atoms with Crippen LogP contribution < -0.4 is 10.2 Å². The Morgan fingerprint density at radius 1 is 1.00 bits per heavy atom. The van der Waals surface area contributed by atoms with Crippen molar-refractivity contribution in [1.82, 2.24) is 5.32 Å². The molecule has 1 aliphatic heterocycles. The van der Waals surface area contributed by atoms with Gasteiger partial charge in [0.2, 0.25) is 5.91 Å². The SMILES string of the molecule is O=C(COCC(=O)N(c1ccccc1)c1ccccc1)NC[C@@H]1CCCO1. The van der Waals surface area contributed by atoms with Crippen molar-refractivity contribution in [3.8, 4) is 0 Å². The van der Waals surface area contributed by atoms with Gasteiger partial charge < -0.3 is 14.8 Å². The molecule has 2 aromatic rings. The van der Waals surface area contributed by atoms with Crippen molar-refractivity contribution in [2.45, 2.75) is 18.9 Å². The maximum atomic E-state index is 12.7. The van der Waals surface area contributed by atoms with Crippen molar-refractivity contribution in [3.63, 3.8) is 0 Å². The largest absolute Gasteiger partial charge is 0.376 e. The van der Waals surface area contributed by atoms with Gasteiger partial charge in [0.25, 0.3) is 5.91 Å². The molecule has 0 saturated carbocycles. The number of hydrogen-bond acceptors (Lipinski definition) is 4. The minimum Gasteiger partial charge on any atom is -0.376 e. The van der Waals surface area contributed by atoms with Crippen molar-refractivity contribution in [2.24, 2.45) is 0 Å². The normalized spacial score (nSPS) is 16.1. The number of anilines is 2. The van der Waals surface area contributed by atoms with Gasteiger partial charge in [-0.05, 0) is 37.1 Å². The van der Waals surface area contributed by atoms with E-state index < -0.39 is 0 Å². The van der Waals surface area contributed by atoms with Gasteiger partial charge in [-0.1, -0.05) is 36.4 Å². The second-order valence-electron chi connectivity index (χ2n) is 6.33. The van der Waals surface area contributed by atoms with Crippen molar-refractivity contribution < 1.29 is 19.1 Å². The lowest BCUT2D eigenvalue weighted by Gasteiger charge is -2.23. The highest BCUT2D eigenvalue weighted by molar-refractivity contribution is 6.01. The zero-order valence-corrected chi connectivity index (χ0v) is 15.2. The second-order valence-corrected chi connectivity index (χ2v) is 6.33. The van der Waals surface area contributed by atoms with E-state index in [-0.39, 0.29) is 31.1 Å². The molecule has 6 heteroatoms. The number of ether oxygens (including phenoxy) is 2. The fraction of sp³-hybridized carbons (Fsp3) is 0.333. The standard InChI is InChI=1S/C21H24N2O4/c24-20(22-14-19-12-7-13-27-19)15-26-16-21(25)23(17-8-3-1-4-9-17)18-10-5-2-6-11-18/h1-6,8-11,19H,7,12-16H2,(H,22,24)/t19-/m0/s1. The first-order chi connectivity index (χ1) is 13.2. The van der Waals surface area contributed by atoms with Gasteiger partial charge in [0.1, 0.15) is 13.2 Å². The molecule has 142 valence electrons. The Morgan fingerprint density at radius 2 is 1.63 bits per heavy atom. The second kappa shape index (κ2) is 9.85. The number of rotatable bonds is 8. The zero-order valence-electron chi connectivity index (χ0n) is 15.2. The number of amides is 2. The molecule has 1 saturated heterocycles. The molecule has 3 rings (SSSR count). The Labute approximate surface area is 159 Å². The minimum atomic E-state index is -0.246. The van der Waals surface area contributed by atoms with E-state index in [1.807, 2.05) is 60.7 Å². The number of carbonyl (C=O) groups excluding carboxylic acids is 2. The van der Waals surface area contributed by atoms with Crippen LogP contribution in [0, 0.1) is 0 Å². The van der Waals surface area contributed by atoms with Crippen molar-refractivity contribution in [1.29, 1.82) is 0 Å². The van der Waals surface area contributed by atoms with Gasteiger partial charge in [-0.15, -0.1) is 0 Å². The Balaban J connectivity index is 1.53. The lowest BCUT2D eigenvalue weighted by Crippen LogP contribution is -2.36. The summed E-state index contributed by atoms with van der Waals surface area (Å²) in [6.07, 6.45) is 2.07. The Morgan fingerprint density at radius 3 is 2.19 bits per heavy atom. The topological polar surface area (TPSA) is 67.9 Å². The molecular formula is C21H24N2O4. The predicted octanol–water partition coefficient (Wildman–Crippen LogP) is 2.66. The molecule has 0 aromatic heterocycles. The molecule has 0 spiro atoms. The molecule has 0 bridgehead atoms. The summed E-state index contributed by atoms with van der Waals surface area (Å²) < 4.78 is 10.8. The zero-order chi connectivity index (χ0) is 18.9. The van der Waals surface area contributed by atoms with Gasteiger partial charge in [-0.25, -0.2) is 0 Å². The number of hydrogen-bond donors (Lipinski definition) is 1. The van der Waals surface area contributed by atoms with Crippen LogP contribution in [0.15, 0.2) is 60.7 Å². The van der Waals surface area contributed by atoms with E-state index >= 15 is 0 Å². The van der Waals surface area contributed by atoms with Crippen LogP contribution in [0.3, 0.4) is 0 Å². The van der Waals surface area contributed by atoms with E-state index in [1.165, 1.54) is 0 Å². The van der Waals surface area contributed by atoms with E-state index in [4.69, 9.17) is 9.47 Å². The fourth-order valence-electron chi connectivity index (χ4n) is 2.97. The molecule has 0 aliphatic carbocycles. The lowest BCUT2D eigenvalue weighted by atomic mass is 10.2. The molecule has 1 aliphatic rings. The average Bonchev–Trinajstić information content (AvgIpc) is 3.22. The highest BCUT2D eigenvalue weighted by atomic mass is 16.5. The Hall–Kier alpha value is -2.70. The Kier molecular flexibility index (Phi) is 6.96. The lowest BCUT2D eigenvalue weighted by molar-refractivity contribution is -0.129. The quantitative estimate of drug-likeness (QED) is 0.778. The highest BCUT2D eigenvalue weighted by Gasteiger charge is 2.19. The first-order valence-electron chi connectivity index (χ1n) is 9.13. The van der Waals surface area contributed by atoms with Gasteiger partial charge in [0.15, 0.2) is 0 Å². The third-order valence-corrected chi connectivity index (χ3v) is 4.29. The highest BCUT2D eigenvalue weighted by Crippen LogP contribution is 2.25. The Bertz CT molecular complexity index is 691. The van der Waals surface area contributed by atoms with Crippen LogP contribution in [0.2, 0.25) is 0 Å². The van der Waals surface area contributed by atoms with Crippen LogP contribution in [0.25, 0.3) is 0 Å². The summed E-state index contributed by atoms with van der Waals surface area (Å²) in [5.41, 5.74) is 1.50. The molecule has 1 atom stereocenters. The molecule has 0 unspecified atom stereocenters. The molecule has 0 radical (unpaired) electrons. The van der Waals surface area contributed by atoms with E-state index in [0.717, 1.165) is 30.8 Å².